The van der Waals surface area contributed by atoms with E-state index in [1.54, 1.807) is 6.20 Å². The van der Waals surface area contributed by atoms with Crippen molar-refractivity contribution in [3.63, 3.8) is 0 Å². The van der Waals surface area contributed by atoms with Crippen molar-refractivity contribution in [1.82, 2.24) is 19.9 Å². The third-order valence-corrected chi connectivity index (χ3v) is 3.72. The van der Waals surface area contributed by atoms with Crippen molar-refractivity contribution in [3.05, 3.63) is 30.1 Å². The molecule has 2 aliphatic heterocycles. The second-order valence-electron chi connectivity index (χ2n) is 4.19. The summed E-state index contributed by atoms with van der Waals surface area (Å²) in [6, 6.07) is 4.09. The molecule has 0 N–H and O–H groups in total. The first-order chi connectivity index (χ1) is 7.79. The van der Waals surface area contributed by atoms with Crippen LogP contribution >= 0.6 is 12.2 Å². The fourth-order valence-electron chi connectivity index (χ4n) is 2.50. The Bertz CT molecular complexity index is 408. The topological polar surface area (TPSA) is 22.6 Å². The largest absolute Gasteiger partial charge is 0.330 e. The van der Waals surface area contributed by atoms with Crippen LogP contribution in [-0.4, -0.2) is 45.2 Å². The summed E-state index contributed by atoms with van der Waals surface area (Å²) in [5, 5.41) is 5.46. The zero-order valence-electron chi connectivity index (χ0n) is 9.21. The predicted octanol–water partition coefficient (Wildman–Crippen LogP) is 1.23. The van der Waals surface area contributed by atoms with Crippen LogP contribution in [0.15, 0.2) is 24.5 Å². The molecule has 0 radical (unpaired) electrons. The van der Waals surface area contributed by atoms with Crippen molar-refractivity contribution in [1.29, 1.82) is 0 Å². The molecule has 0 bridgehead atoms. The zero-order valence-corrected chi connectivity index (χ0v) is 10.0. The van der Waals surface area contributed by atoms with E-state index in [2.05, 4.69) is 33.0 Å². The van der Waals surface area contributed by atoms with Crippen LogP contribution in [0.2, 0.25) is 0 Å². The first kappa shape index (κ1) is 9.99. The highest BCUT2D eigenvalue weighted by Gasteiger charge is 2.42. The van der Waals surface area contributed by atoms with Gasteiger partial charge in [0.25, 0.3) is 0 Å². The summed E-state index contributed by atoms with van der Waals surface area (Å²) in [5.41, 5.74) is 1.21. The lowest BCUT2D eigenvalue weighted by atomic mass is 10.2. The van der Waals surface area contributed by atoms with E-state index < -0.39 is 0 Å². The summed E-state index contributed by atoms with van der Waals surface area (Å²) < 4.78 is 0. The molecular weight excluding hydrogens is 220 g/mol. The fourth-order valence-corrected chi connectivity index (χ4v) is 2.80. The van der Waals surface area contributed by atoms with Crippen LogP contribution in [0.4, 0.5) is 0 Å². The lowest BCUT2D eigenvalue weighted by Crippen LogP contribution is -2.32. The molecule has 2 aliphatic rings. The maximum atomic E-state index is 5.45. The van der Waals surface area contributed by atoms with Crippen LogP contribution in [0, 0.1) is 0 Å². The molecule has 2 fully saturated rings. The number of pyridine rings is 1. The van der Waals surface area contributed by atoms with E-state index in [4.69, 9.17) is 12.2 Å². The Balaban J connectivity index is 1.98. The third-order valence-electron chi connectivity index (χ3n) is 3.22. The van der Waals surface area contributed by atoms with E-state index in [1.165, 1.54) is 12.0 Å². The average Bonchev–Trinajstić information content (AvgIpc) is 2.86. The van der Waals surface area contributed by atoms with Gasteiger partial charge in [-0.15, -0.1) is 0 Å². The van der Waals surface area contributed by atoms with Gasteiger partial charge in [-0.2, -0.15) is 5.01 Å². The normalized spacial score (nSPS) is 25.3. The van der Waals surface area contributed by atoms with Gasteiger partial charge in [0.15, 0.2) is 5.11 Å². The van der Waals surface area contributed by atoms with E-state index in [0.29, 0.717) is 0 Å². The molecule has 16 heavy (non-hydrogen) atoms. The van der Waals surface area contributed by atoms with Crippen molar-refractivity contribution < 1.29 is 0 Å². The lowest BCUT2D eigenvalue weighted by Gasteiger charge is -2.25. The first-order valence-corrected chi connectivity index (χ1v) is 5.90. The maximum Gasteiger partial charge on any atom is 0.187 e. The molecule has 3 rings (SSSR count). The number of hydrazine groups is 1. The van der Waals surface area contributed by atoms with Gasteiger partial charge in [-0.25, -0.2) is 0 Å². The highest BCUT2D eigenvalue weighted by Crippen LogP contribution is 2.35. The van der Waals surface area contributed by atoms with Crippen molar-refractivity contribution in [2.45, 2.75) is 12.6 Å². The number of rotatable bonds is 1. The van der Waals surface area contributed by atoms with Gasteiger partial charge < -0.3 is 4.90 Å². The molecule has 4 nitrogen and oxygen atoms in total. The van der Waals surface area contributed by atoms with Gasteiger partial charge in [0.2, 0.25) is 0 Å². The van der Waals surface area contributed by atoms with Crippen LogP contribution in [0.3, 0.4) is 0 Å². The van der Waals surface area contributed by atoms with Crippen molar-refractivity contribution in [2.24, 2.45) is 0 Å². The van der Waals surface area contributed by atoms with Crippen LogP contribution in [-0.2, 0) is 0 Å². The van der Waals surface area contributed by atoms with E-state index >= 15 is 0 Å². The van der Waals surface area contributed by atoms with Crippen LogP contribution in [0.1, 0.15) is 18.2 Å². The van der Waals surface area contributed by atoms with Gasteiger partial charge in [-0.05, 0) is 24.7 Å². The van der Waals surface area contributed by atoms with E-state index in [1.807, 2.05) is 12.3 Å². The fraction of sp³-hybridized carbons (Fsp3) is 0.455. The quantitative estimate of drug-likeness (QED) is 0.680. The molecule has 0 unspecified atom stereocenters. The lowest BCUT2D eigenvalue weighted by molar-refractivity contribution is 0.0607. The molecule has 5 heteroatoms. The molecule has 84 valence electrons. The Morgan fingerprint density at radius 3 is 3.06 bits per heavy atom. The molecular formula is C11H14N4S. The molecule has 1 aromatic rings. The minimum absolute atomic E-state index is 0.226. The SMILES string of the molecule is CN1C(=S)N2CCCN2[C@@H]1c1cccnc1. The second-order valence-corrected chi connectivity index (χ2v) is 4.56. The number of fused-ring (bicyclic) bond motifs is 1. The zero-order chi connectivity index (χ0) is 11.1. The maximum absolute atomic E-state index is 5.45. The van der Waals surface area contributed by atoms with Crippen molar-refractivity contribution in [3.8, 4) is 0 Å². The van der Waals surface area contributed by atoms with Crippen LogP contribution in [0.25, 0.3) is 0 Å². The molecule has 0 amide bonds. The van der Waals surface area contributed by atoms with Gasteiger partial charge >= 0.3 is 0 Å². The number of hydrogen-bond acceptors (Lipinski definition) is 3. The van der Waals surface area contributed by atoms with Gasteiger partial charge in [0.05, 0.1) is 0 Å². The molecule has 0 aromatic carbocycles. The molecule has 3 heterocycles. The van der Waals surface area contributed by atoms with Gasteiger partial charge in [-0.1, -0.05) is 6.07 Å². The Morgan fingerprint density at radius 2 is 2.31 bits per heavy atom. The van der Waals surface area contributed by atoms with E-state index in [0.717, 1.165) is 18.2 Å². The molecule has 2 saturated heterocycles. The summed E-state index contributed by atoms with van der Waals surface area (Å²) in [5.74, 6) is 0. The van der Waals surface area contributed by atoms with Crippen LogP contribution in [0.5, 0.6) is 0 Å². The number of hydrogen-bond donors (Lipinski definition) is 0. The Kier molecular flexibility index (Phi) is 2.29. The molecule has 0 aliphatic carbocycles. The number of nitrogens with zero attached hydrogens (tertiary/aromatic N) is 4. The van der Waals surface area contributed by atoms with Crippen molar-refractivity contribution in [2.75, 3.05) is 20.1 Å². The molecule has 0 spiro atoms. The minimum atomic E-state index is 0.226. The van der Waals surface area contributed by atoms with Crippen molar-refractivity contribution >= 4 is 17.3 Å². The molecule has 0 saturated carbocycles. The summed E-state index contributed by atoms with van der Waals surface area (Å²) in [4.78, 5) is 6.33. The highest BCUT2D eigenvalue weighted by atomic mass is 32.1. The molecule has 1 atom stereocenters. The smallest absolute Gasteiger partial charge is 0.187 e. The first-order valence-electron chi connectivity index (χ1n) is 5.50. The highest BCUT2D eigenvalue weighted by molar-refractivity contribution is 7.80. The number of aromatic nitrogens is 1. The van der Waals surface area contributed by atoms with E-state index in [-0.39, 0.29) is 6.17 Å². The van der Waals surface area contributed by atoms with Gasteiger partial charge in [0, 0.05) is 38.1 Å². The Labute approximate surface area is 100 Å². The Morgan fingerprint density at radius 1 is 1.44 bits per heavy atom. The summed E-state index contributed by atoms with van der Waals surface area (Å²) in [7, 11) is 2.05. The summed E-state index contributed by atoms with van der Waals surface area (Å²) in [6.45, 7) is 2.12. The standard InChI is InChI=1S/C11H14N4S/c1-13-10(9-4-2-5-12-8-9)14-6-3-7-15(14)11(13)16/h2,4-5,8,10H,3,6-7H2,1H3/t10-/m1/s1. The van der Waals surface area contributed by atoms with Crippen LogP contribution < -0.4 is 0 Å². The predicted molar refractivity (Wildman–Crippen MR) is 65.4 cm³/mol. The average molecular weight is 234 g/mol. The molecule has 1 aromatic heterocycles. The Hall–Kier alpha value is -1.20. The number of thiocarbonyl (C=S) groups is 1. The van der Waals surface area contributed by atoms with Gasteiger partial charge in [-0.3, -0.25) is 9.99 Å². The second kappa shape index (κ2) is 3.68. The summed E-state index contributed by atoms with van der Waals surface area (Å²) in [6.07, 6.45) is 5.14. The minimum Gasteiger partial charge on any atom is -0.330 e. The van der Waals surface area contributed by atoms with Gasteiger partial charge in [0.1, 0.15) is 6.17 Å². The summed E-state index contributed by atoms with van der Waals surface area (Å²) >= 11 is 5.45. The monoisotopic (exact) mass is 234 g/mol. The van der Waals surface area contributed by atoms with E-state index in [9.17, 15) is 0 Å². The third kappa shape index (κ3) is 1.32.